The summed E-state index contributed by atoms with van der Waals surface area (Å²) < 4.78 is 0. The molecule has 3 aliphatic heterocycles. The van der Waals surface area contributed by atoms with Crippen LogP contribution in [0, 0.1) is 5.92 Å². The Morgan fingerprint density at radius 1 is 0.805 bits per heavy atom. The van der Waals surface area contributed by atoms with E-state index < -0.39 is 29.2 Å². The van der Waals surface area contributed by atoms with Crippen LogP contribution in [0.3, 0.4) is 0 Å². The molecule has 1 fully saturated rings. The van der Waals surface area contributed by atoms with Gasteiger partial charge in [-0.15, -0.1) is 0 Å². The van der Waals surface area contributed by atoms with Crippen molar-refractivity contribution in [3.05, 3.63) is 140 Å². The molecule has 1 spiro atoms. The van der Waals surface area contributed by atoms with Crippen molar-refractivity contribution < 1.29 is 14.4 Å². The third-order valence-electron chi connectivity index (χ3n) is 8.45. The van der Waals surface area contributed by atoms with Crippen LogP contribution < -0.4 is 5.32 Å². The van der Waals surface area contributed by atoms with Gasteiger partial charge in [0.25, 0.3) is 0 Å². The van der Waals surface area contributed by atoms with E-state index in [0.29, 0.717) is 26.9 Å². The summed E-state index contributed by atoms with van der Waals surface area (Å²) in [5.74, 6) is -2.18. The minimum atomic E-state index is -1.44. The maximum atomic E-state index is 14.8. The van der Waals surface area contributed by atoms with Crippen LogP contribution in [0.1, 0.15) is 43.4 Å². The second kappa shape index (κ2) is 9.59. The highest BCUT2D eigenvalue weighted by molar-refractivity contribution is 6.37. The molecule has 1 saturated heterocycles. The molecule has 7 rings (SSSR count). The molecule has 5 nitrogen and oxygen atoms in total. The average molecular weight is 600 g/mol. The van der Waals surface area contributed by atoms with E-state index in [1.54, 1.807) is 36.4 Å². The van der Waals surface area contributed by atoms with Crippen LogP contribution in [0.4, 0.5) is 5.69 Å². The van der Waals surface area contributed by atoms with Crippen LogP contribution in [0.15, 0.2) is 97.2 Å². The Kier molecular flexibility index (Phi) is 6.09. The largest absolute Gasteiger partial charge is 0.358 e. The zero-order chi connectivity index (χ0) is 28.5. The number of benzene rings is 4. The van der Waals surface area contributed by atoms with E-state index in [-0.39, 0.29) is 22.3 Å². The fraction of sp³-hybridized carbons (Fsp3) is 0.121. The SMILES string of the molecule is O=C(c1ccc(Cl)cc1)[C@@H]1[C@H](C(=O)c2ccc(Cl)cc2Cl)[C@@]2(C(=O)Nc3ccccc32)[C@@H]2c3ccccc3C=CN12. The number of Topliss-reactive ketones (excluding diaryl/α,β-unsaturated/α-hetero) is 2. The molecule has 1 N–H and O–H groups in total. The highest BCUT2D eigenvalue weighted by Crippen LogP contribution is 2.62. The van der Waals surface area contributed by atoms with E-state index in [1.807, 2.05) is 65.7 Å². The number of hydrogen-bond acceptors (Lipinski definition) is 4. The summed E-state index contributed by atoms with van der Waals surface area (Å²) in [6.07, 6.45) is 3.75. The summed E-state index contributed by atoms with van der Waals surface area (Å²) in [5, 5.41) is 4.05. The number of nitrogens with one attached hydrogen (secondary N) is 1. The molecule has 41 heavy (non-hydrogen) atoms. The number of fused-ring (bicyclic) bond motifs is 6. The molecule has 0 saturated carbocycles. The number of halogens is 3. The van der Waals surface area contributed by atoms with Crippen molar-refractivity contribution in [1.82, 2.24) is 4.90 Å². The van der Waals surface area contributed by atoms with Gasteiger partial charge in [-0.3, -0.25) is 14.4 Å². The van der Waals surface area contributed by atoms with Gasteiger partial charge in [0.2, 0.25) is 5.91 Å². The molecule has 3 aliphatic rings. The maximum absolute atomic E-state index is 14.8. The number of nitrogens with zero attached hydrogens (tertiary/aromatic N) is 1. The van der Waals surface area contributed by atoms with Gasteiger partial charge in [0.1, 0.15) is 11.5 Å². The standard InChI is InChI=1S/C33H21Cl3N2O3/c34-20-11-9-19(10-12-20)29(39)28-27(30(40)23-14-13-21(35)17-25(23)36)33(24-7-3-4-8-26(24)37-32(33)41)31-22-6-2-1-5-18(22)15-16-38(28)31/h1-17,27-28,31H,(H,37,41)/t27-,28+,31+,33-/m1/s1. The number of para-hydroxylation sites is 1. The van der Waals surface area contributed by atoms with Crippen molar-refractivity contribution in [2.75, 3.05) is 5.32 Å². The lowest BCUT2D eigenvalue weighted by Gasteiger charge is -2.38. The van der Waals surface area contributed by atoms with Crippen molar-refractivity contribution >= 4 is 64.0 Å². The molecule has 0 aliphatic carbocycles. The first-order chi connectivity index (χ1) is 19.8. The van der Waals surface area contributed by atoms with Crippen molar-refractivity contribution in [1.29, 1.82) is 0 Å². The molecule has 0 radical (unpaired) electrons. The quantitative estimate of drug-likeness (QED) is 0.245. The zero-order valence-electron chi connectivity index (χ0n) is 21.4. The molecule has 8 heteroatoms. The Labute approximate surface area is 251 Å². The highest BCUT2D eigenvalue weighted by atomic mass is 35.5. The van der Waals surface area contributed by atoms with Crippen molar-refractivity contribution in [3.8, 4) is 0 Å². The minimum absolute atomic E-state index is 0.155. The molecule has 0 unspecified atom stereocenters. The van der Waals surface area contributed by atoms with E-state index in [4.69, 9.17) is 34.8 Å². The second-order valence-electron chi connectivity index (χ2n) is 10.4. The molecule has 4 atom stereocenters. The number of carbonyl (C=O) groups excluding carboxylic acids is 3. The lowest BCUT2D eigenvalue weighted by molar-refractivity contribution is -0.122. The number of ketones is 2. The summed E-state index contributed by atoms with van der Waals surface area (Å²) in [7, 11) is 0. The Hall–Kier alpha value is -3.90. The van der Waals surface area contributed by atoms with Gasteiger partial charge in [0.15, 0.2) is 11.6 Å². The molecule has 0 aromatic heterocycles. The highest BCUT2D eigenvalue weighted by Gasteiger charge is 2.70. The summed E-state index contributed by atoms with van der Waals surface area (Å²) in [5.41, 5.74) is 2.19. The van der Waals surface area contributed by atoms with Crippen LogP contribution in [0.5, 0.6) is 0 Å². The van der Waals surface area contributed by atoms with Crippen LogP contribution in [0.2, 0.25) is 15.1 Å². The Bertz CT molecular complexity index is 1800. The Balaban J connectivity index is 1.54. The molecule has 1 amide bonds. The third kappa shape index (κ3) is 3.73. The average Bonchev–Trinajstić information content (AvgIpc) is 3.45. The molecule has 202 valence electrons. The monoisotopic (exact) mass is 598 g/mol. The van der Waals surface area contributed by atoms with Crippen molar-refractivity contribution in [2.24, 2.45) is 5.92 Å². The molecule has 0 bridgehead atoms. The van der Waals surface area contributed by atoms with E-state index in [1.165, 1.54) is 6.07 Å². The van der Waals surface area contributed by atoms with Gasteiger partial charge in [-0.2, -0.15) is 0 Å². The topological polar surface area (TPSA) is 66.5 Å². The van der Waals surface area contributed by atoms with E-state index >= 15 is 0 Å². The molecule has 3 heterocycles. The van der Waals surface area contributed by atoms with Gasteiger partial charge in [0, 0.05) is 33.1 Å². The summed E-state index contributed by atoms with van der Waals surface area (Å²) in [6.45, 7) is 0. The zero-order valence-corrected chi connectivity index (χ0v) is 23.6. The molecular formula is C33H21Cl3N2O3. The lowest BCUT2D eigenvalue weighted by atomic mass is 9.62. The maximum Gasteiger partial charge on any atom is 0.238 e. The van der Waals surface area contributed by atoms with E-state index in [2.05, 4.69) is 5.32 Å². The van der Waals surface area contributed by atoms with Crippen LogP contribution in [0.25, 0.3) is 6.08 Å². The number of amides is 1. The predicted molar refractivity (Wildman–Crippen MR) is 161 cm³/mol. The second-order valence-corrected chi connectivity index (χ2v) is 11.7. The molecule has 4 aromatic rings. The lowest BCUT2D eigenvalue weighted by Crippen LogP contribution is -2.49. The number of hydrogen-bond donors (Lipinski definition) is 1. The van der Waals surface area contributed by atoms with Crippen LogP contribution in [-0.2, 0) is 10.2 Å². The van der Waals surface area contributed by atoms with E-state index in [0.717, 1.165) is 11.1 Å². The Morgan fingerprint density at radius 3 is 2.29 bits per heavy atom. The van der Waals surface area contributed by atoms with Gasteiger partial charge < -0.3 is 10.2 Å². The number of carbonyl (C=O) groups is 3. The molecular weight excluding hydrogens is 579 g/mol. The van der Waals surface area contributed by atoms with E-state index in [9.17, 15) is 14.4 Å². The first-order valence-corrected chi connectivity index (χ1v) is 14.2. The van der Waals surface area contributed by atoms with Crippen LogP contribution >= 0.6 is 34.8 Å². The fourth-order valence-corrected chi connectivity index (χ4v) is 7.44. The summed E-state index contributed by atoms with van der Waals surface area (Å²) in [6, 6.07) is 24.7. The van der Waals surface area contributed by atoms with Gasteiger partial charge in [-0.05, 0) is 71.3 Å². The van der Waals surface area contributed by atoms with Gasteiger partial charge in [-0.1, -0.05) is 77.3 Å². The fourth-order valence-electron chi connectivity index (χ4n) is 6.81. The van der Waals surface area contributed by atoms with Crippen molar-refractivity contribution in [3.63, 3.8) is 0 Å². The number of anilines is 1. The van der Waals surface area contributed by atoms with Gasteiger partial charge in [0.05, 0.1) is 17.0 Å². The summed E-state index contributed by atoms with van der Waals surface area (Å²) >= 11 is 18.9. The normalized spacial score (nSPS) is 23.6. The van der Waals surface area contributed by atoms with Gasteiger partial charge in [-0.25, -0.2) is 0 Å². The van der Waals surface area contributed by atoms with Crippen molar-refractivity contribution in [2.45, 2.75) is 17.5 Å². The smallest absolute Gasteiger partial charge is 0.238 e. The first kappa shape index (κ1) is 26.0. The Morgan fingerprint density at radius 2 is 1.51 bits per heavy atom. The first-order valence-electron chi connectivity index (χ1n) is 13.1. The van der Waals surface area contributed by atoms with Crippen LogP contribution in [-0.4, -0.2) is 28.4 Å². The third-order valence-corrected chi connectivity index (χ3v) is 9.25. The summed E-state index contributed by atoms with van der Waals surface area (Å²) in [4.78, 5) is 45.7. The predicted octanol–water partition coefficient (Wildman–Crippen LogP) is 7.63. The minimum Gasteiger partial charge on any atom is -0.358 e. The van der Waals surface area contributed by atoms with Gasteiger partial charge >= 0.3 is 0 Å². The molecule has 4 aromatic carbocycles. The number of rotatable bonds is 4.